The Bertz CT molecular complexity index is 762. The summed E-state index contributed by atoms with van der Waals surface area (Å²) in [6, 6.07) is 10.6. The van der Waals surface area contributed by atoms with Crippen LogP contribution >= 0.6 is 0 Å². The van der Waals surface area contributed by atoms with Crippen molar-refractivity contribution in [3.63, 3.8) is 0 Å². The summed E-state index contributed by atoms with van der Waals surface area (Å²) in [6.45, 7) is 0. The van der Waals surface area contributed by atoms with Crippen molar-refractivity contribution in [3.8, 4) is 17.2 Å². The Morgan fingerprint density at radius 1 is 1.00 bits per heavy atom. The number of phenols is 1. The monoisotopic (exact) mass is 328 g/mol. The van der Waals surface area contributed by atoms with E-state index < -0.39 is 11.9 Å². The highest BCUT2D eigenvalue weighted by Gasteiger charge is 2.12. The predicted octanol–water partition coefficient (Wildman–Crippen LogP) is 2.81. The van der Waals surface area contributed by atoms with Gasteiger partial charge in [-0.25, -0.2) is 9.59 Å². The first-order valence-corrected chi connectivity index (χ1v) is 6.98. The lowest BCUT2D eigenvalue weighted by molar-refractivity contribution is -0.134. The second-order valence-corrected chi connectivity index (χ2v) is 4.70. The van der Waals surface area contributed by atoms with Crippen molar-refractivity contribution >= 4 is 18.0 Å². The van der Waals surface area contributed by atoms with Gasteiger partial charge >= 0.3 is 11.9 Å². The van der Waals surface area contributed by atoms with Crippen LogP contribution in [0.3, 0.4) is 0 Å². The summed E-state index contributed by atoms with van der Waals surface area (Å²) in [4.78, 5) is 23.2. The summed E-state index contributed by atoms with van der Waals surface area (Å²) in [6.07, 6.45) is 2.83. The zero-order valence-electron chi connectivity index (χ0n) is 13.2. The standard InChI is InChI=1S/C18H16O6/c1-22-16-11-12(4-10-17(20)23-2)3-9-15(16)24-18(21)13-5-7-14(19)8-6-13/h3-11,19H,1-2H3/b10-4+. The summed E-state index contributed by atoms with van der Waals surface area (Å²) in [5.74, 6) is -0.409. The van der Waals surface area contributed by atoms with Crippen LogP contribution in [-0.2, 0) is 9.53 Å². The Hall–Kier alpha value is -3.28. The van der Waals surface area contributed by atoms with Crippen LogP contribution in [0, 0.1) is 0 Å². The molecule has 0 aliphatic heterocycles. The largest absolute Gasteiger partial charge is 0.508 e. The average Bonchev–Trinajstić information content (AvgIpc) is 2.60. The summed E-state index contributed by atoms with van der Waals surface area (Å²) in [7, 11) is 2.74. The Balaban J connectivity index is 2.18. The van der Waals surface area contributed by atoms with Gasteiger partial charge in [0.1, 0.15) is 5.75 Å². The third kappa shape index (κ3) is 4.36. The molecule has 0 unspecified atom stereocenters. The fourth-order valence-corrected chi connectivity index (χ4v) is 1.86. The minimum absolute atomic E-state index is 0.0610. The number of benzene rings is 2. The molecule has 0 aromatic heterocycles. The number of phenolic OH excluding ortho intramolecular Hbond substituents is 1. The summed E-state index contributed by atoms with van der Waals surface area (Å²) < 4.78 is 15.0. The smallest absolute Gasteiger partial charge is 0.343 e. The van der Waals surface area contributed by atoms with E-state index in [1.165, 1.54) is 44.6 Å². The number of methoxy groups -OCH3 is 2. The maximum absolute atomic E-state index is 12.1. The molecule has 0 heterocycles. The van der Waals surface area contributed by atoms with Crippen molar-refractivity contribution in [1.29, 1.82) is 0 Å². The number of rotatable bonds is 5. The van der Waals surface area contributed by atoms with Gasteiger partial charge in [0.2, 0.25) is 0 Å². The van der Waals surface area contributed by atoms with E-state index in [2.05, 4.69) is 4.74 Å². The number of hydrogen-bond donors (Lipinski definition) is 1. The minimum Gasteiger partial charge on any atom is -0.508 e. The van der Waals surface area contributed by atoms with Crippen molar-refractivity contribution in [3.05, 3.63) is 59.7 Å². The molecule has 2 aromatic carbocycles. The van der Waals surface area contributed by atoms with Gasteiger partial charge in [0.25, 0.3) is 0 Å². The van der Waals surface area contributed by atoms with Gasteiger partial charge in [-0.3, -0.25) is 0 Å². The quantitative estimate of drug-likeness (QED) is 0.516. The van der Waals surface area contributed by atoms with Crippen molar-refractivity contribution in [2.75, 3.05) is 14.2 Å². The molecule has 0 aliphatic carbocycles. The zero-order valence-corrected chi connectivity index (χ0v) is 13.2. The highest BCUT2D eigenvalue weighted by Crippen LogP contribution is 2.29. The third-order valence-electron chi connectivity index (χ3n) is 3.11. The molecule has 1 N–H and O–H groups in total. The van der Waals surface area contributed by atoms with Crippen molar-refractivity contribution in [2.24, 2.45) is 0 Å². The topological polar surface area (TPSA) is 82.1 Å². The van der Waals surface area contributed by atoms with E-state index in [0.29, 0.717) is 16.9 Å². The molecule has 2 rings (SSSR count). The van der Waals surface area contributed by atoms with Gasteiger partial charge in [-0.1, -0.05) is 6.07 Å². The molecular weight excluding hydrogens is 312 g/mol. The lowest BCUT2D eigenvalue weighted by Gasteiger charge is -2.10. The molecule has 0 atom stereocenters. The minimum atomic E-state index is -0.578. The highest BCUT2D eigenvalue weighted by molar-refractivity contribution is 5.91. The van der Waals surface area contributed by atoms with Gasteiger partial charge in [-0.15, -0.1) is 0 Å². The molecule has 6 heteroatoms. The van der Waals surface area contributed by atoms with Crippen LogP contribution in [0.5, 0.6) is 17.2 Å². The van der Waals surface area contributed by atoms with E-state index >= 15 is 0 Å². The molecule has 124 valence electrons. The van der Waals surface area contributed by atoms with E-state index in [1.807, 2.05) is 0 Å². The molecule has 0 spiro atoms. The van der Waals surface area contributed by atoms with Crippen LogP contribution in [-0.4, -0.2) is 31.3 Å². The van der Waals surface area contributed by atoms with E-state index in [9.17, 15) is 14.7 Å². The molecule has 0 aliphatic rings. The van der Waals surface area contributed by atoms with Crippen LogP contribution in [0.4, 0.5) is 0 Å². The molecule has 2 aromatic rings. The van der Waals surface area contributed by atoms with Gasteiger partial charge in [0.05, 0.1) is 19.8 Å². The number of aromatic hydroxyl groups is 1. The summed E-state index contributed by atoms with van der Waals surface area (Å²) in [5, 5.41) is 9.24. The number of hydrogen-bond acceptors (Lipinski definition) is 6. The fourth-order valence-electron chi connectivity index (χ4n) is 1.86. The summed E-state index contributed by atoms with van der Waals surface area (Å²) >= 11 is 0. The predicted molar refractivity (Wildman–Crippen MR) is 87.1 cm³/mol. The van der Waals surface area contributed by atoms with Crippen molar-refractivity contribution < 1.29 is 28.9 Å². The highest BCUT2D eigenvalue weighted by atomic mass is 16.6. The average molecular weight is 328 g/mol. The fraction of sp³-hybridized carbons (Fsp3) is 0.111. The SMILES string of the molecule is COC(=O)/C=C/c1ccc(OC(=O)c2ccc(O)cc2)c(OC)c1. The number of carbonyl (C=O) groups excluding carboxylic acids is 2. The molecule has 0 fully saturated rings. The molecule has 6 nitrogen and oxygen atoms in total. The van der Waals surface area contributed by atoms with Crippen LogP contribution in [0.2, 0.25) is 0 Å². The van der Waals surface area contributed by atoms with Gasteiger partial charge in [-0.05, 0) is 48.0 Å². The van der Waals surface area contributed by atoms with E-state index in [0.717, 1.165) is 0 Å². The van der Waals surface area contributed by atoms with Gasteiger partial charge in [-0.2, -0.15) is 0 Å². The van der Waals surface area contributed by atoms with Gasteiger partial charge in [0.15, 0.2) is 11.5 Å². The molecule has 0 radical (unpaired) electrons. The van der Waals surface area contributed by atoms with Crippen LogP contribution in [0.1, 0.15) is 15.9 Å². The normalized spacial score (nSPS) is 10.4. The molecule has 24 heavy (non-hydrogen) atoms. The van der Waals surface area contributed by atoms with Gasteiger partial charge < -0.3 is 19.3 Å². The summed E-state index contributed by atoms with van der Waals surface area (Å²) in [5.41, 5.74) is 0.978. The maximum Gasteiger partial charge on any atom is 0.343 e. The molecule has 0 saturated carbocycles. The van der Waals surface area contributed by atoms with Crippen LogP contribution in [0.15, 0.2) is 48.5 Å². The first-order chi connectivity index (χ1) is 11.5. The first kappa shape index (κ1) is 17.1. The third-order valence-corrected chi connectivity index (χ3v) is 3.11. The van der Waals surface area contributed by atoms with Crippen LogP contribution in [0.25, 0.3) is 6.08 Å². The Morgan fingerprint density at radius 2 is 1.71 bits per heavy atom. The van der Waals surface area contributed by atoms with Crippen LogP contribution < -0.4 is 9.47 Å². The Kier molecular flexibility index (Phi) is 5.57. The zero-order chi connectivity index (χ0) is 17.5. The second kappa shape index (κ2) is 7.82. The lowest BCUT2D eigenvalue weighted by Crippen LogP contribution is -2.09. The van der Waals surface area contributed by atoms with E-state index in [-0.39, 0.29) is 11.5 Å². The number of carbonyl (C=O) groups is 2. The number of esters is 2. The van der Waals surface area contributed by atoms with E-state index in [4.69, 9.17) is 9.47 Å². The molecular formula is C18H16O6. The maximum atomic E-state index is 12.1. The van der Waals surface area contributed by atoms with Crippen molar-refractivity contribution in [2.45, 2.75) is 0 Å². The second-order valence-electron chi connectivity index (χ2n) is 4.70. The number of ether oxygens (including phenoxy) is 3. The lowest BCUT2D eigenvalue weighted by atomic mass is 10.2. The Morgan fingerprint density at radius 3 is 2.33 bits per heavy atom. The van der Waals surface area contributed by atoms with Crippen molar-refractivity contribution in [1.82, 2.24) is 0 Å². The first-order valence-electron chi connectivity index (χ1n) is 6.98. The van der Waals surface area contributed by atoms with E-state index in [1.54, 1.807) is 24.3 Å². The molecule has 0 bridgehead atoms. The molecule has 0 saturated heterocycles. The molecule has 0 amide bonds. The Labute approximate surface area is 138 Å². The van der Waals surface area contributed by atoms with Gasteiger partial charge in [0, 0.05) is 6.08 Å².